The highest BCUT2D eigenvalue weighted by Gasteiger charge is 2.59. The molecule has 0 N–H and O–H groups in total. The SMILES string of the molecule is O=C1N(c2ccccc2)C(=O)C(Cc2ccccc2)(Sc2ccccc2)C(=O)N1c1ccccc1. The van der Waals surface area contributed by atoms with Crippen molar-refractivity contribution in [1.29, 1.82) is 0 Å². The molecule has 0 bridgehead atoms. The Labute approximate surface area is 208 Å². The minimum atomic E-state index is -1.59. The molecule has 4 amide bonds. The molecule has 1 fully saturated rings. The van der Waals surface area contributed by atoms with Crippen molar-refractivity contribution in [2.45, 2.75) is 16.1 Å². The largest absolute Gasteiger partial charge is 0.342 e. The number of barbiturate groups is 1. The fourth-order valence-corrected chi connectivity index (χ4v) is 5.48. The van der Waals surface area contributed by atoms with Gasteiger partial charge < -0.3 is 0 Å². The van der Waals surface area contributed by atoms with Crippen molar-refractivity contribution >= 4 is 41.0 Å². The molecule has 4 aromatic carbocycles. The monoisotopic (exact) mass is 478 g/mol. The topological polar surface area (TPSA) is 57.7 Å². The molecule has 4 aromatic rings. The first-order valence-corrected chi connectivity index (χ1v) is 12.0. The average Bonchev–Trinajstić information content (AvgIpc) is 2.90. The van der Waals surface area contributed by atoms with Crippen molar-refractivity contribution in [1.82, 2.24) is 0 Å². The maximum atomic E-state index is 14.3. The molecule has 5 rings (SSSR count). The highest BCUT2D eigenvalue weighted by atomic mass is 32.2. The molecule has 6 heteroatoms. The number of amides is 4. The van der Waals surface area contributed by atoms with Crippen LogP contribution in [0.15, 0.2) is 126 Å². The number of hydrogen-bond acceptors (Lipinski definition) is 4. The summed E-state index contributed by atoms with van der Waals surface area (Å²) in [6.07, 6.45) is 0.130. The summed E-state index contributed by atoms with van der Waals surface area (Å²) in [5.74, 6) is -1.10. The maximum absolute atomic E-state index is 14.3. The summed E-state index contributed by atoms with van der Waals surface area (Å²) in [6.45, 7) is 0. The standard InChI is InChI=1S/C29H22N2O3S/c32-26-29(21-22-13-5-1-6-14-22,35-25-19-11-4-12-20-25)27(33)31(24-17-9-3-10-18-24)28(34)30(26)23-15-7-2-8-16-23/h1-20H,21H2. The number of anilines is 2. The molecule has 0 saturated carbocycles. The summed E-state index contributed by atoms with van der Waals surface area (Å²) in [6, 6.07) is 35.6. The van der Waals surface area contributed by atoms with Crippen molar-refractivity contribution < 1.29 is 14.4 Å². The summed E-state index contributed by atoms with van der Waals surface area (Å²) in [5, 5.41) is 0. The number of urea groups is 1. The first kappa shape index (κ1) is 22.6. The van der Waals surface area contributed by atoms with Crippen molar-refractivity contribution in [2.75, 3.05) is 9.80 Å². The van der Waals surface area contributed by atoms with Crippen LogP contribution in [0.25, 0.3) is 0 Å². The Morgan fingerprint density at radius 2 is 0.943 bits per heavy atom. The number of imide groups is 2. The number of hydrogen-bond donors (Lipinski definition) is 0. The molecule has 1 aliphatic rings. The Kier molecular flexibility index (Phi) is 6.21. The van der Waals surface area contributed by atoms with E-state index in [9.17, 15) is 14.4 Å². The Balaban J connectivity index is 1.72. The van der Waals surface area contributed by atoms with Crippen molar-refractivity contribution in [2.24, 2.45) is 0 Å². The van der Waals surface area contributed by atoms with Crippen molar-refractivity contribution in [3.05, 3.63) is 127 Å². The van der Waals surface area contributed by atoms with Gasteiger partial charge in [-0.15, -0.1) is 0 Å². The quantitative estimate of drug-likeness (QED) is 0.321. The average molecular weight is 479 g/mol. The van der Waals surface area contributed by atoms with Crippen LogP contribution < -0.4 is 9.80 Å². The fraction of sp³-hybridized carbons (Fsp3) is 0.0690. The first-order chi connectivity index (χ1) is 17.1. The second-order valence-electron chi connectivity index (χ2n) is 8.14. The third kappa shape index (κ3) is 4.24. The van der Waals surface area contributed by atoms with Crippen molar-refractivity contribution in [3.63, 3.8) is 0 Å². The predicted octanol–water partition coefficient (Wildman–Crippen LogP) is 5.96. The third-order valence-corrected chi connectivity index (χ3v) is 7.19. The predicted molar refractivity (Wildman–Crippen MR) is 138 cm³/mol. The van der Waals surface area contributed by atoms with E-state index >= 15 is 0 Å². The Hall–Kier alpha value is -4.16. The normalized spacial score (nSPS) is 15.4. The summed E-state index contributed by atoms with van der Waals surface area (Å²) >= 11 is 1.19. The van der Waals surface area contributed by atoms with Gasteiger partial charge in [0.25, 0.3) is 11.8 Å². The fourth-order valence-electron chi connectivity index (χ4n) is 4.18. The van der Waals surface area contributed by atoms with Gasteiger partial charge in [-0.25, -0.2) is 14.6 Å². The molecule has 0 aromatic heterocycles. The maximum Gasteiger partial charge on any atom is 0.342 e. The Morgan fingerprint density at radius 3 is 1.40 bits per heavy atom. The molecule has 172 valence electrons. The Bertz CT molecular complexity index is 1240. The minimum Gasteiger partial charge on any atom is -0.272 e. The van der Waals surface area contributed by atoms with E-state index in [4.69, 9.17) is 0 Å². The lowest BCUT2D eigenvalue weighted by Gasteiger charge is -2.43. The zero-order valence-corrected chi connectivity index (χ0v) is 19.6. The molecule has 0 spiro atoms. The van der Waals surface area contributed by atoms with Gasteiger partial charge in [0.1, 0.15) is 0 Å². The van der Waals surface area contributed by atoms with Crippen LogP contribution in [0.3, 0.4) is 0 Å². The second-order valence-corrected chi connectivity index (χ2v) is 9.51. The molecule has 0 aliphatic carbocycles. The smallest absolute Gasteiger partial charge is 0.272 e. The number of rotatable bonds is 6. The van der Waals surface area contributed by atoms with Crippen LogP contribution in [0.4, 0.5) is 16.2 Å². The zero-order valence-electron chi connectivity index (χ0n) is 18.8. The van der Waals surface area contributed by atoms with Gasteiger partial charge >= 0.3 is 6.03 Å². The number of thioether (sulfide) groups is 1. The molecule has 35 heavy (non-hydrogen) atoms. The lowest BCUT2D eigenvalue weighted by atomic mass is 9.92. The van der Waals surface area contributed by atoms with Crippen LogP contribution >= 0.6 is 11.8 Å². The summed E-state index contributed by atoms with van der Waals surface area (Å²) in [4.78, 5) is 45.4. The van der Waals surface area contributed by atoms with Gasteiger partial charge in [0.2, 0.25) is 0 Å². The van der Waals surface area contributed by atoms with Gasteiger partial charge in [-0.3, -0.25) is 9.59 Å². The van der Waals surface area contributed by atoms with Crippen LogP contribution in [0.5, 0.6) is 0 Å². The van der Waals surface area contributed by atoms with Crippen LogP contribution in [0, 0.1) is 0 Å². The van der Waals surface area contributed by atoms with Gasteiger partial charge in [-0.2, -0.15) is 0 Å². The third-order valence-electron chi connectivity index (χ3n) is 5.84. The lowest BCUT2D eigenvalue weighted by molar-refractivity contribution is -0.130. The van der Waals surface area contributed by atoms with Gasteiger partial charge in [0, 0.05) is 11.3 Å². The van der Waals surface area contributed by atoms with Crippen molar-refractivity contribution in [3.8, 4) is 0 Å². The molecule has 0 unspecified atom stereocenters. The van der Waals surface area contributed by atoms with E-state index < -0.39 is 22.6 Å². The van der Waals surface area contributed by atoms with Gasteiger partial charge in [0.15, 0.2) is 4.75 Å². The minimum absolute atomic E-state index is 0.130. The van der Waals surface area contributed by atoms with Gasteiger partial charge in [-0.05, 0) is 42.0 Å². The molecule has 1 heterocycles. The first-order valence-electron chi connectivity index (χ1n) is 11.2. The number of carbonyl (C=O) groups excluding carboxylic acids is 3. The highest BCUT2D eigenvalue weighted by Crippen LogP contribution is 2.44. The molecule has 1 aliphatic heterocycles. The molecule has 0 atom stereocenters. The number of para-hydroxylation sites is 2. The van der Waals surface area contributed by atoms with E-state index in [-0.39, 0.29) is 6.42 Å². The summed E-state index contributed by atoms with van der Waals surface area (Å²) in [5.41, 5.74) is 1.66. The molecule has 0 radical (unpaired) electrons. The molecular formula is C29H22N2O3S. The second kappa shape index (κ2) is 9.60. The lowest BCUT2D eigenvalue weighted by Crippen LogP contribution is -2.69. The van der Waals surface area contributed by atoms with Crippen LogP contribution in [-0.4, -0.2) is 22.6 Å². The number of carbonyl (C=O) groups is 3. The summed E-state index contributed by atoms with van der Waals surface area (Å²) < 4.78 is -1.59. The molecule has 1 saturated heterocycles. The van der Waals surface area contributed by atoms with Crippen LogP contribution in [-0.2, 0) is 16.0 Å². The van der Waals surface area contributed by atoms with E-state index in [0.29, 0.717) is 11.4 Å². The number of benzene rings is 4. The van der Waals surface area contributed by atoms with Gasteiger partial charge in [0.05, 0.1) is 11.4 Å². The van der Waals surface area contributed by atoms with E-state index in [1.807, 2.05) is 72.8 Å². The zero-order chi connectivity index (χ0) is 24.3. The number of nitrogens with zero attached hydrogens (tertiary/aromatic N) is 2. The van der Waals surface area contributed by atoms with E-state index in [0.717, 1.165) is 20.3 Å². The summed E-state index contributed by atoms with van der Waals surface area (Å²) in [7, 11) is 0. The van der Waals surface area contributed by atoms with Gasteiger partial charge in [-0.1, -0.05) is 96.7 Å². The highest BCUT2D eigenvalue weighted by molar-refractivity contribution is 8.02. The molecular weight excluding hydrogens is 456 g/mol. The van der Waals surface area contributed by atoms with E-state index in [1.165, 1.54) is 11.8 Å². The van der Waals surface area contributed by atoms with Crippen LogP contribution in [0.2, 0.25) is 0 Å². The molecule has 5 nitrogen and oxygen atoms in total. The van der Waals surface area contributed by atoms with Crippen LogP contribution in [0.1, 0.15) is 5.56 Å². The van der Waals surface area contributed by atoms with E-state index in [1.54, 1.807) is 48.5 Å². The Morgan fingerprint density at radius 1 is 0.543 bits per heavy atom. The van der Waals surface area contributed by atoms with E-state index in [2.05, 4.69) is 0 Å².